The Balaban J connectivity index is 1.60. The van der Waals surface area contributed by atoms with Crippen LogP contribution in [0.2, 0.25) is 0 Å². The molecule has 2 aliphatic rings. The van der Waals surface area contributed by atoms with Crippen molar-refractivity contribution in [3.8, 4) is 0 Å². The minimum atomic E-state index is -1.35. The largest absolute Gasteiger partial charge is 0.445 e. The molecule has 2 aromatic carbocycles. The zero-order chi connectivity index (χ0) is 30.1. The molecular weight excluding hydrogens is 545 g/mol. The van der Waals surface area contributed by atoms with Crippen molar-refractivity contribution in [2.45, 2.75) is 81.9 Å². The predicted molar refractivity (Wildman–Crippen MR) is 151 cm³/mol. The third kappa shape index (κ3) is 7.31. The zero-order valence-corrected chi connectivity index (χ0v) is 23.3. The molecule has 42 heavy (non-hydrogen) atoms. The lowest BCUT2D eigenvalue weighted by Gasteiger charge is -2.49. The van der Waals surface area contributed by atoms with Crippen LogP contribution in [0.25, 0.3) is 20.9 Å². The van der Waals surface area contributed by atoms with Crippen molar-refractivity contribution in [3.05, 3.63) is 92.7 Å². The molecule has 1 aliphatic carbocycles. The second-order valence-electron chi connectivity index (χ2n) is 10.9. The molecule has 1 aliphatic heterocycles. The molecule has 224 valence electrons. The molecule has 9 atom stereocenters. The first-order chi connectivity index (χ1) is 20.4. The fourth-order valence-corrected chi connectivity index (χ4v) is 6.13. The van der Waals surface area contributed by atoms with Crippen molar-refractivity contribution in [2.24, 2.45) is 22.1 Å². The summed E-state index contributed by atoms with van der Waals surface area (Å²) in [4.78, 5) is 20.5. The van der Waals surface area contributed by atoms with Crippen LogP contribution in [0.3, 0.4) is 0 Å². The van der Waals surface area contributed by atoms with Crippen molar-refractivity contribution in [3.63, 3.8) is 0 Å². The highest BCUT2D eigenvalue weighted by Gasteiger charge is 2.50. The van der Waals surface area contributed by atoms with E-state index in [-0.39, 0.29) is 31.9 Å². The van der Waals surface area contributed by atoms with Gasteiger partial charge in [0.1, 0.15) is 13.3 Å². The molecule has 0 radical (unpaired) electrons. The first-order valence-corrected chi connectivity index (χ1v) is 14.0. The van der Waals surface area contributed by atoms with Crippen LogP contribution in [0.4, 0.5) is 9.18 Å². The molecule has 1 heterocycles. The second kappa shape index (κ2) is 14.9. The number of alkyl halides is 1. The monoisotopic (exact) mass is 581 g/mol. The number of carbonyl (C=O) groups excluding carboxylic acids is 1. The van der Waals surface area contributed by atoms with Gasteiger partial charge in [-0.05, 0) is 47.4 Å². The van der Waals surface area contributed by atoms with E-state index in [1.165, 1.54) is 4.90 Å². The van der Waals surface area contributed by atoms with E-state index in [1.807, 2.05) is 67.6 Å². The summed E-state index contributed by atoms with van der Waals surface area (Å²) in [5, 5.41) is 29.3. The first-order valence-electron chi connectivity index (χ1n) is 14.0. The highest BCUT2D eigenvalue weighted by atomic mass is 19.1. The maximum absolute atomic E-state index is 14.9. The lowest BCUT2D eigenvalue weighted by Crippen LogP contribution is -2.59. The molecule has 2 aromatic rings. The number of halogens is 1. The number of nitrogens with zero attached hydrogens (tertiary/aromatic N) is 7. The topological polar surface area (TPSA) is 177 Å². The average molecular weight is 582 g/mol. The van der Waals surface area contributed by atoms with E-state index < -0.39 is 61.2 Å². The molecule has 0 bridgehead atoms. The van der Waals surface area contributed by atoms with Crippen LogP contribution in [0.1, 0.15) is 37.3 Å². The van der Waals surface area contributed by atoms with E-state index in [1.54, 1.807) is 0 Å². The van der Waals surface area contributed by atoms with Crippen LogP contribution < -0.4 is 0 Å². The van der Waals surface area contributed by atoms with E-state index in [9.17, 15) is 24.9 Å². The normalized spacial score (nSPS) is 29.8. The van der Waals surface area contributed by atoms with Crippen molar-refractivity contribution in [1.82, 2.24) is 4.90 Å². The lowest BCUT2D eigenvalue weighted by molar-refractivity contribution is -0.174. The van der Waals surface area contributed by atoms with Gasteiger partial charge in [-0.15, -0.1) is 0 Å². The van der Waals surface area contributed by atoms with Crippen LogP contribution in [0.5, 0.6) is 0 Å². The summed E-state index contributed by atoms with van der Waals surface area (Å²) in [6.07, 6.45) is -4.21. The minimum Gasteiger partial charge on any atom is -0.445 e. The third-order valence-corrected chi connectivity index (χ3v) is 8.27. The van der Waals surface area contributed by atoms with E-state index in [0.29, 0.717) is 6.42 Å². The molecule has 3 unspecified atom stereocenters. The molecule has 1 amide bonds. The van der Waals surface area contributed by atoms with Gasteiger partial charge in [0.05, 0.1) is 42.5 Å². The van der Waals surface area contributed by atoms with Gasteiger partial charge in [0.15, 0.2) is 0 Å². The molecule has 2 fully saturated rings. The predicted octanol–water partition coefficient (Wildman–Crippen LogP) is 5.45. The summed E-state index contributed by atoms with van der Waals surface area (Å²) in [5.74, 6) is -0.990. The van der Waals surface area contributed by atoms with Crippen molar-refractivity contribution >= 4 is 6.09 Å². The van der Waals surface area contributed by atoms with Gasteiger partial charge < -0.3 is 19.7 Å². The van der Waals surface area contributed by atoms with Crippen molar-refractivity contribution in [1.29, 1.82) is 0 Å². The van der Waals surface area contributed by atoms with Gasteiger partial charge in [0.25, 0.3) is 0 Å². The maximum atomic E-state index is 14.9. The summed E-state index contributed by atoms with van der Waals surface area (Å²) in [7, 11) is 0. The molecule has 4 rings (SSSR count). The van der Waals surface area contributed by atoms with Gasteiger partial charge >= 0.3 is 6.09 Å². The molecule has 1 saturated heterocycles. The number of rotatable bonds is 10. The van der Waals surface area contributed by atoms with Crippen LogP contribution in [0, 0.1) is 11.8 Å². The average Bonchev–Trinajstić information content (AvgIpc) is 3.00. The number of benzene rings is 2. The lowest BCUT2D eigenvalue weighted by atomic mass is 9.69. The Hall–Kier alpha value is -3.86. The molecule has 0 aromatic heterocycles. The smallest absolute Gasteiger partial charge is 0.410 e. The van der Waals surface area contributed by atoms with Crippen LogP contribution in [0.15, 0.2) is 70.9 Å². The first kappa shape index (κ1) is 31.1. The number of hydrogen-bond acceptors (Lipinski definition) is 7. The van der Waals surface area contributed by atoms with Gasteiger partial charge in [-0.1, -0.05) is 77.8 Å². The quantitative estimate of drug-likeness (QED) is 0.215. The summed E-state index contributed by atoms with van der Waals surface area (Å²) < 4.78 is 27.0. The number of aliphatic hydroxyl groups is 2. The van der Waals surface area contributed by atoms with Gasteiger partial charge in [-0.2, -0.15) is 0 Å². The van der Waals surface area contributed by atoms with Crippen LogP contribution >= 0.6 is 0 Å². The Morgan fingerprint density at radius 2 is 1.64 bits per heavy atom. The van der Waals surface area contributed by atoms with Gasteiger partial charge in [0, 0.05) is 22.3 Å². The SMILES string of the molecule is C[C@H]1CC(N=[N+]=[N-])[C@H](O)[C@@H](O)[C@@H]1C1O[C@H]([C@@H](CF)N(Cc2ccccc2)C(=O)OCc2ccccc2)CCC1N=[N+]=[N-]. The maximum Gasteiger partial charge on any atom is 0.410 e. The summed E-state index contributed by atoms with van der Waals surface area (Å²) in [5.41, 5.74) is 19.7. The summed E-state index contributed by atoms with van der Waals surface area (Å²) in [6, 6.07) is 15.8. The fraction of sp³-hybridized carbons (Fsp3) is 0.552. The molecular formula is C29H36FN7O5. The van der Waals surface area contributed by atoms with E-state index in [4.69, 9.17) is 15.0 Å². The van der Waals surface area contributed by atoms with Crippen molar-refractivity contribution in [2.75, 3.05) is 6.67 Å². The zero-order valence-electron chi connectivity index (χ0n) is 23.3. The summed E-state index contributed by atoms with van der Waals surface area (Å²) in [6.45, 7) is 0.978. The number of carbonyl (C=O) groups is 1. The van der Waals surface area contributed by atoms with Gasteiger partial charge in [-0.25, -0.2) is 9.18 Å². The second-order valence-corrected chi connectivity index (χ2v) is 10.9. The number of aliphatic hydroxyl groups excluding tert-OH is 2. The minimum absolute atomic E-state index is 0.00703. The summed E-state index contributed by atoms with van der Waals surface area (Å²) >= 11 is 0. The Labute approximate surface area is 243 Å². The Kier molecular flexibility index (Phi) is 11.0. The van der Waals surface area contributed by atoms with E-state index >= 15 is 0 Å². The fourth-order valence-electron chi connectivity index (χ4n) is 6.13. The molecule has 0 spiro atoms. The molecule has 13 heteroatoms. The third-order valence-electron chi connectivity index (χ3n) is 8.27. The number of ether oxygens (including phenoxy) is 2. The van der Waals surface area contributed by atoms with Crippen LogP contribution in [-0.4, -0.2) is 70.4 Å². The Morgan fingerprint density at radius 1 is 1.02 bits per heavy atom. The molecule has 12 nitrogen and oxygen atoms in total. The highest BCUT2D eigenvalue weighted by molar-refractivity contribution is 5.68. The number of azide groups is 2. The van der Waals surface area contributed by atoms with E-state index in [2.05, 4.69) is 20.1 Å². The highest BCUT2D eigenvalue weighted by Crippen LogP contribution is 2.41. The molecule has 2 N–H and O–H groups in total. The van der Waals surface area contributed by atoms with Crippen molar-refractivity contribution < 1.29 is 28.9 Å². The Bertz CT molecular complexity index is 1260. The van der Waals surface area contributed by atoms with Gasteiger partial charge in [0.2, 0.25) is 0 Å². The standard InChI is InChI=1S/C29H36FN7O5/c1-18-14-22(34-36-32)26(38)27(39)25(18)28-21(33-35-31)12-13-24(42-28)23(15-30)37(16-19-8-4-2-5-9-19)29(40)41-17-20-10-6-3-7-11-20/h2-11,18,21-28,38-39H,12-17H2,1H3/t18-,21?,22?,23+,24-,25+,26-,27-,28?/m0/s1. The van der Waals surface area contributed by atoms with Gasteiger partial charge in [-0.3, -0.25) is 4.90 Å². The van der Waals surface area contributed by atoms with E-state index in [0.717, 1.165) is 11.1 Å². The number of hydrogen-bond donors (Lipinski definition) is 2. The Morgan fingerprint density at radius 3 is 2.26 bits per heavy atom. The molecule has 1 saturated carbocycles. The van der Waals surface area contributed by atoms with Crippen LogP contribution in [-0.2, 0) is 22.6 Å². The number of amides is 1.